The highest BCUT2D eigenvalue weighted by molar-refractivity contribution is 7.99. The molecule has 4 N–H and O–H groups in total. The second kappa shape index (κ2) is 4.54. The van der Waals surface area contributed by atoms with Crippen molar-refractivity contribution in [2.45, 2.75) is 18.4 Å². The number of carboxylic acid groups (broad SMARTS) is 1. The fourth-order valence-corrected chi connectivity index (χ4v) is 0.943. The second-order valence-corrected chi connectivity index (χ2v) is 3.23. The summed E-state index contributed by atoms with van der Waals surface area (Å²) >= 11 is 1.12. The van der Waals surface area contributed by atoms with Gasteiger partial charge in [-0.05, 0) is 6.92 Å². The molecule has 0 aromatic carbocycles. The smallest absolute Gasteiger partial charge is 0.321 e. The van der Waals surface area contributed by atoms with Gasteiger partial charge in [0.25, 0.3) is 0 Å². The highest BCUT2D eigenvalue weighted by Gasteiger charge is 2.11. The Morgan fingerprint density at radius 3 is 2.60 bits per heavy atom. The van der Waals surface area contributed by atoms with Gasteiger partial charge in [0, 0.05) is 5.75 Å². The van der Waals surface area contributed by atoms with Crippen LogP contribution in [0.1, 0.15) is 6.92 Å². The number of carbonyl (C=O) groups is 1. The fraction of sp³-hybridized carbons (Fsp3) is 0.800. The lowest BCUT2D eigenvalue weighted by Gasteiger charge is -2.06. The number of hydrogen-bond donors (Lipinski definition) is 3. The summed E-state index contributed by atoms with van der Waals surface area (Å²) in [5.41, 5.74) is 4.58. The largest absolute Gasteiger partial charge is 0.480 e. The molecule has 1 unspecified atom stereocenters. The third-order valence-corrected chi connectivity index (χ3v) is 1.87. The lowest BCUT2D eigenvalue weighted by molar-refractivity contribution is -0.137. The van der Waals surface area contributed by atoms with Gasteiger partial charge >= 0.3 is 5.97 Å². The molecule has 0 aromatic heterocycles. The van der Waals surface area contributed by atoms with Gasteiger partial charge in [-0.25, -0.2) is 0 Å². The van der Waals surface area contributed by atoms with Crippen LogP contribution < -0.4 is 5.73 Å². The first-order chi connectivity index (χ1) is 4.54. The average molecular weight is 165 g/mol. The molecule has 0 aliphatic heterocycles. The first-order valence-corrected chi connectivity index (χ1v) is 3.87. The van der Waals surface area contributed by atoms with Gasteiger partial charge in [-0.15, -0.1) is 11.8 Å². The maximum absolute atomic E-state index is 10.1. The minimum Gasteiger partial charge on any atom is -0.480 e. The number of aliphatic carboxylic acids is 1. The van der Waals surface area contributed by atoms with E-state index < -0.39 is 17.4 Å². The maximum Gasteiger partial charge on any atom is 0.321 e. The molecule has 0 rings (SSSR count). The lowest BCUT2D eigenvalue weighted by Crippen LogP contribution is -2.33. The summed E-state index contributed by atoms with van der Waals surface area (Å²) in [7, 11) is 0. The standard InChI is InChI=1S/C5H11NO3S/c1-3(7)10-2-4(6)5(8)9/h3-4,7H,2,6H2,1H3,(H,8,9)/t3?,4-/m0/s1. The molecule has 0 saturated carbocycles. The first-order valence-electron chi connectivity index (χ1n) is 2.82. The Labute approximate surface area is 63.4 Å². The van der Waals surface area contributed by atoms with Gasteiger partial charge in [0.2, 0.25) is 0 Å². The molecule has 4 nitrogen and oxygen atoms in total. The van der Waals surface area contributed by atoms with Gasteiger partial charge in [-0.3, -0.25) is 4.79 Å². The van der Waals surface area contributed by atoms with Gasteiger partial charge in [0.15, 0.2) is 0 Å². The van der Waals surface area contributed by atoms with Crippen LogP contribution in [0.5, 0.6) is 0 Å². The minimum absolute atomic E-state index is 0.243. The number of nitrogens with two attached hydrogens (primary N) is 1. The van der Waals surface area contributed by atoms with E-state index in [2.05, 4.69) is 0 Å². The maximum atomic E-state index is 10.1. The van der Waals surface area contributed by atoms with E-state index in [0.29, 0.717) is 0 Å². The van der Waals surface area contributed by atoms with Crippen molar-refractivity contribution in [3.05, 3.63) is 0 Å². The van der Waals surface area contributed by atoms with Gasteiger partial charge in [0.1, 0.15) is 6.04 Å². The molecule has 0 amide bonds. The van der Waals surface area contributed by atoms with Crippen LogP contribution in [-0.2, 0) is 4.79 Å². The summed E-state index contributed by atoms with van der Waals surface area (Å²) in [6, 6.07) is -0.875. The summed E-state index contributed by atoms with van der Waals surface area (Å²) in [5.74, 6) is -0.791. The molecule has 0 saturated heterocycles. The first kappa shape index (κ1) is 9.74. The number of aliphatic hydroxyl groups is 1. The summed E-state index contributed by atoms with van der Waals surface area (Å²) in [6.45, 7) is 1.57. The minimum atomic E-state index is -1.03. The molecule has 2 atom stereocenters. The summed E-state index contributed by atoms with van der Waals surface area (Å²) in [4.78, 5) is 10.1. The van der Waals surface area contributed by atoms with Crippen LogP contribution >= 0.6 is 11.8 Å². The molecule has 0 bridgehead atoms. The molecular formula is C5H11NO3S. The summed E-state index contributed by atoms with van der Waals surface area (Å²) in [5, 5.41) is 17.0. The van der Waals surface area contributed by atoms with E-state index in [4.69, 9.17) is 15.9 Å². The highest BCUT2D eigenvalue weighted by atomic mass is 32.2. The van der Waals surface area contributed by atoms with Crippen LogP contribution in [-0.4, -0.2) is 33.4 Å². The normalized spacial score (nSPS) is 16.3. The zero-order valence-corrected chi connectivity index (χ0v) is 6.47. The molecule has 0 aromatic rings. The van der Waals surface area contributed by atoms with Crippen molar-refractivity contribution < 1.29 is 15.0 Å². The summed E-state index contributed by atoms with van der Waals surface area (Å²) in [6.07, 6.45) is 0. The Balaban J connectivity index is 3.40. The van der Waals surface area contributed by atoms with Crippen LogP contribution in [0.15, 0.2) is 0 Å². The van der Waals surface area contributed by atoms with E-state index in [1.165, 1.54) is 0 Å². The monoisotopic (exact) mass is 165 g/mol. The van der Waals surface area contributed by atoms with Crippen molar-refractivity contribution in [1.29, 1.82) is 0 Å². The van der Waals surface area contributed by atoms with Crippen molar-refractivity contribution in [3.63, 3.8) is 0 Å². The van der Waals surface area contributed by atoms with Gasteiger partial charge in [0.05, 0.1) is 5.44 Å². The van der Waals surface area contributed by atoms with Gasteiger partial charge < -0.3 is 15.9 Å². The molecule has 0 fully saturated rings. The van der Waals surface area contributed by atoms with Crippen molar-refractivity contribution >= 4 is 17.7 Å². The van der Waals surface area contributed by atoms with Gasteiger partial charge in [-0.1, -0.05) is 0 Å². The second-order valence-electron chi connectivity index (χ2n) is 1.88. The predicted molar refractivity (Wildman–Crippen MR) is 39.8 cm³/mol. The van der Waals surface area contributed by atoms with Crippen molar-refractivity contribution in [2.75, 3.05) is 5.75 Å². The average Bonchev–Trinajstić information content (AvgIpc) is 1.82. The number of hydrogen-bond acceptors (Lipinski definition) is 4. The highest BCUT2D eigenvalue weighted by Crippen LogP contribution is 2.07. The zero-order chi connectivity index (χ0) is 8.15. The Bertz CT molecular complexity index is 117. The number of aliphatic hydroxyl groups excluding tert-OH is 1. The van der Waals surface area contributed by atoms with Crippen LogP contribution in [0, 0.1) is 0 Å². The molecule has 0 aliphatic rings. The van der Waals surface area contributed by atoms with E-state index in [1.54, 1.807) is 6.92 Å². The van der Waals surface area contributed by atoms with Crippen molar-refractivity contribution in [2.24, 2.45) is 5.73 Å². The Morgan fingerprint density at radius 1 is 1.80 bits per heavy atom. The van der Waals surface area contributed by atoms with Crippen molar-refractivity contribution in [1.82, 2.24) is 0 Å². The lowest BCUT2D eigenvalue weighted by atomic mass is 10.4. The summed E-state index contributed by atoms with van der Waals surface area (Å²) < 4.78 is 0. The van der Waals surface area contributed by atoms with Crippen LogP contribution in [0.25, 0.3) is 0 Å². The molecule has 10 heavy (non-hydrogen) atoms. The van der Waals surface area contributed by atoms with E-state index >= 15 is 0 Å². The number of carboxylic acids is 1. The SMILES string of the molecule is CC(O)SC[C@H](N)C(=O)O. The Morgan fingerprint density at radius 2 is 2.30 bits per heavy atom. The molecule has 5 heteroatoms. The molecule has 0 heterocycles. The third-order valence-electron chi connectivity index (χ3n) is 0.834. The molecule has 0 aliphatic carbocycles. The Kier molecular flexibility index (Phi) is 4.42. The van der Waals surface area contributed by atoms with Crippen LogP contribution in [0.2, 0.25) is 0 Å². The molecule has 0 spiro atoms. The van der Waals surface area contributed by atoms with E-state index in [9.17, 15) is 4.79 Å². The molecular weight excluding hydrogens is 154 g/mol. The Hall–Kier alpha value is -0.260. The van der Waals surface area contributed by atoms with Gasteiger partial charge in [-0.2, -0.15) is 0 Å². The van der Waals surface area contributed by atoms with E-state index in [1.807, 2.05) is 0 Å². The van der Waals surface area contributed by atoms with Crippen molar-refractivity contribution in [3.8, 4) is 0 Å². The predicted octanol–water partition coefficient (Wildman–Crippen LogP) is -0.530. The van der Waals surface area contributed by atoms with E-state index in [-0.39, 0.29) is 5.75 Å². The van der Waals surface area contributed by atoms with Crippen LogP contribution in [0.4, 0.5) is 0 Å². The molecule has 60 valence electrons. The molecule has 0 radical (unpaired) electrons. The third kappa shape index (κ3) is 4.60. The number of thioether (sulfide) groups is 1. The zero-order valence-electron chi connectivity index (χ0n) is 5.65. The van der Waals surface area contributed by atoms with Crippen LogP contribution in [0.3, 0.4) is 0 Å². The van der Waals surface area contributed by atoms with E-state index in [0.717, 1.165) is 11.8 Å². The quantitative estimate of drug-likeness (QED) is 0.488. The topological polar surface area (TPSA) is 83.5 Å². The fourth-order valence-electron chi connectivity index (χ4n) is 0.314. The number of rotatable bonds is 4.